The molecule has 0 fully saturated rings. The molecule has 0 aliphatic rings. The Morgan fingerprint density at radius 1 is 1.67 bits per heavy atom. The van der Waals surface area contributed by atoms with Gasteiger partial charge >= 0.3 is 0 Å². The minimum Gasteiger partial charge on any atom is -0.356 e. The highest BCUT2D eigenvalue weighted by Crippen LogP contribution is 2.07. The fourth-order valence-corrected chi connectivity index (χ4v) is 2.67. The number of rotatable bonds is 6. The summed E-state index contributed by atoms with van der Waals surface area (Å²) in [5, 5.41) is 7.96. The van der Waals surface area contributed by atoms with Crippen LogP contribution in [0.4, 0.5) is 0 Å². The van der Waals surface area contributed by atoms with Gasteiger partial charge in [-0.05, 0) is 34.7 Å². The molecule has 15 heavy (non-hydrogen) atoms. The zero-order chi connectivity index (χ0) is 11.1. The number of alkyl halides is 1. The van der Waals surface area contributed by atoms with Gasteiger partial charge in [-0.1, -0.05) is 22.9 Å². The van der Waals surface area contributed by atoms with Gasteiger partial charge < -0.3 is 5.32 Å². The van der Waals surface area contributed by atoms with E-state index in [4.69, 9.17) is 0 Å². The van der Waals surface area contributed by atoms with E-state index >= 15 is 0 Å². The van der Waals surface area contributed by atoms with Crippen LogP contribution in [0.15, 0.2) is 16.8 Å². The number of thiophene rings is 1. The van der Waals surface area contributed by atoms with Crippen LogP contribution in [0.2, 0.25) is 0 Å². The molecule has 1 heterocycles. The predicted molar refractivity (Wildman–Crippen MR) is 68.6 cm³/mol. The second kappa shape index (κ2) is 7.01. The summed E-state index contributed by atoms with van der Waals surface area (Å²) in [4.78, 5) is 11.5. The van der Waals surface area contributed by atoms with Crippen molar-refractivity contribution in [2.75, 3.05) is 11.9 Å². The van der Waals surface area contributed by atoms with Gasteiger partial charge in [-0.2, -0.15) is 11.3 Å². The summed E-state index contributed by atoms with van der Waals surface area (Å²) in [6.07, 6.45) is 1.60. The van der Waals surface area contributed by atoms with Gasteiger partial charge in [-0.3, -0.25) is 4.79 Å². The molecule has 0 saturated heterocycles. The van der Waals surface area contributed by atoms with E-state index in [0.29, 0.717) is 12.3 Å². The molecule has 4 heteroatoms. The molecule has 0 aliphatic heterocycles. The molecule has 1 aromatic rings. The van der Waals surface area contributed by atoms with Gasteiger partial charge in [0.2, 0.25) is 5.91 Å². The highest BCUT2D eigenvalue weighted by molar-refractivity contribution is 9.09. The maximum Gasteiger partial charge on any atom is 0.224 e. The molecule has 0 spiro atoms. The first-order valence-electron chi connectivity index (χ1n) is 5.06. The number of amides is 1. The molecular formula is C11H16BrNOS. The first-order chi connectivity index (χ1) is 7.22. The smallest absolute Gasteiger partial charge is 0.224 e. The lowest BCUT2D eigenvalue weighted by Gasteiger charge is -2.10. The van der Waals surface area contributed by atoms with Crippen LogP contribution in [0.25, 0.3) is 0 Å². The number of nitrogens with one attached hydrogen (secondary N) is 1. The molecular weight excluding hydrogens is 274 g/mol. The summed E-state index contributed by atoms with van der Waals surface area (Å²) in [5.74, 6) is 0.658. The SMILES string of the molecule is CC(CCBr)CNC(=O)Cc1ccsc1. The highest BCUT2D eigenvalue weighted by Gasteiger charge is 2.06. The van der Waals surface area contributed by atoms with E-state index in [2.05, 4.69) is 28.2 Å². The molecule has 2 nitrogen and oxygen atoms in total. The Labute approximate surface area is 103 Å². The van der Waals surface area contributed by atoms with E-state index in [9.17, 15) is 4.79 Å². The maximum atomic E-state index is 11.5. The summed E-state index contributed by atoms with van der Waals surface area (Å²) in [7, 11) is 0. The van der Waals surface area contributed by atoms with Crippen LogP contribution in [0.5, 0.6) is 0 Å². The van der Waals surface area contributed by atoms with Crippen molar-refractivity contribution in [1.29, 1.82) is 0 Å². The summed E-state index contributed by atoms with van der Waals surface area (Å²) in [6, 6.07) is 1.99. The van der Waals surface area contributed by atoms with Gasteiger partial charge in [-0.15, -0.1) is 0 Å². The minimum absolute atomic E-state index is 0.120. The first-order valence-corrected chi connectivity index (χ1v) is 7.12. The molecule has 1 aromatic heterocycles. The van der Waals surface area contributed by atoms with Crippen LogP contribution in [0.1, 0.15) is 18.9 Å². The summed E-state index contributed by atoms with van der Waals surface area (Å²) in [6.45, 7) is 2.92. The molecule has 1 unspecified atom stereocenters. The molecule has 0 radical (unpaired) electrons. The maximum absolute atomic E-state index is 11.5. The van der Waals surface area contributed by atoms with Crippen LogP contribution in [0.3, 0.4) is 0 Å². The quantitative estimate of drug-likeness (QED) is 0.802. The Morgan fingerprint density at radius 3 is 3.07 bits per heavy atom. The molecule has 84 valence electrons. The number of hydrogen-bond acceptors (Lipinski definition) is 2. The fraction of sp³-hybridized carbons (Fsp3) is 0.545. The van der Waals surface area contributed by atoms with E-state index in [1.54, 1.807) is 11.3 Å². The molecule has 0 aromatic carbocycles. The molecule has 0 aliphatic carbocycles. The largest absolute Gasteiger partial charge is 0.356 e. The predicted octanol–water partition coefficient (Wildman–Crippen LogP) is 2.83. The number of carbonyl (C=O) groups is 1. The van der Waals surface area contributed by atoms with Crippen molar-refractivity contribution in [3.8, 4) is 0 Å². The van der Waals surface area contributed by atoms with Gasteiger partial charge in [0.05, 0.1) is 6.42 Å². The molecule has 1 rings (SSSR count). The van der Waals surface area contributed by atoms with E-state index in [1.807, 2.05) is 16.8 Å². The van der Waals surface area contributed by atoms with E-state index < -0.39 is 0 Å². The second-order valence-electron chi connectivity index (χ2n) is 3.70. The second-order valence-corrected chi connectivity index (χ2v) is 5.27. The fourth-order valence-electron chi connectivity index (χ4n) is 1.22. The average molecular weight is 290 g/mol. The van der Waals surface area contributed by atoms with Crippen LogP contribution < -0.4 is 5.32 Å². The third-order valence-electron chi connectivity index (χ3n) is 2.19. The Morgan fingerprint density at radius 2 is 2.47 bits per heavy atom. The normalized spacial score (nSPS) is 12.4. The standard InChI is InChI=1S/C11H16BrNOS/c1-9(2-4-12)7-13-11(14)6-10-3-5-15-8-10/h3,5,8-9H,2,4,6-7H2,1H3,(H,13,14). The number of carbonyl (C=O) groups excluding carboxylic acids is 1. The van der Waals surface area contributed by atoms with Gasteiger partial charge in [0.1, 0.15) is 0 Å². The Balaban J connectivity index is 2.19. The molecule has 1 amide bonds. The summed E-state index contributed by atoms with van der Waals surface area (Å²) < 4.78 is 0. The molecule has 0 bridgehead atoms. The lowest BCUT2D eigenvalue weighted by atomic mass is 10.1. The van der Waals surface area contributed by atoms with Crippen molar-refractivity contribution < 1.29 is 4.79 Å². The van der Waals surface area contributed by atoms with Crippen molar-refractivity contribution in [2.24, 2.45) is 5.92 Å². The van der Waals surface area contributed by atoms with Crippen LogP contribution >= 0.6 is 27.3 Å². The van der Waals surface area contributed by atoms with Gasteiger partial charge in [0.15, 0.2) is 0 Å². The topological polar surface area (TPSA) is 29.1 Å². The highest BCUT2D eigenvalue weighted by atomic mass is 79.9. The lowest BCUT2D eigenvalue weighted by Crippen LogP contribution is -2.29. The summed E-state index contributed by atoms with van der Waals surface area (Å²) in [5.41, 5.74) is 1.10. The van der Waals surface area contributed by atoms with Gasteiger partial charge in [-0.25, -0.2) is 0 Å². The molecule has 1 N–H and O–H groups in total. The van der Waals surface area contributed by atoms with E-state index in [-0.39, 0.29) is 5.91 Å². The van der Waals surface area contributed by atoms with Gasteiger partial charge in [0.25, 0.3) is 0 Å². The zero-order valence-electron chi connectivity index (χ0n) is 8.83. The Hall–Kier alpha value is -0.350. The molecule has 1 atom stereocenters. The first kappa shape index (κ1) is 12.7. The van der Waals surface area contributed by atoms with Gasteiger partial charge in [0, 0.05) is 11.9 Å². The van der Waals surface area contributed by atoms with Crippen LogP contribution in [-0.2, 0) is 11.2 Å². The third kappa shape index (κ3) is 5.33. The third-order valence-corrected chi connectivity index (χ3v) is 3.38. The lowest BCUT2D eigenvalue weighted by molar-refractivity contribution is -0.120. The summed E-state index contributed by atoms with van der Waals surface area (Å²) >= 11 is 5.02. The minimum atomic E-state index is 0.120. The number of hydrogen-bond donors (Lipinski definition) is 1. The zero-order valence-corrected chi connectivity index (χ0v) is 11.2. The van der Waals surface area contributed by atoms with E-state index in [1.165, 1.54) is 0 Å². The molecule has 0 saturated carbocycles. The van der Waals surface area contributed by atoms with Crippen molar-refractivity contribution in [2.45, 2.75) is 19.8 Å². The number of halogens is 1. The van der Waals surface area contributed by atoms with Crippen molar-refractivity contribution in [1.82, 2.24) is 5.32 Å². The average Bonchev–Trinajstić information content (AvgIpc) is 2.68. The monoisotopic (exact) mass is 289 g/mol. The van der Waals surface area contributed by atoms with Crippen LogP contribution in [-0.4, -0.2) is 17.8 Å². The van der Waals surface area contributed by atoms with Crippen molar-refractivity contribution in [3.05, 3.63) is 22.4 Å². The van der Waals surface area contributed by atoms with Crippen LogP contribution in [0, 0.1) is 5.92 Å². The Kier molecular flexibility index (Phi) is 5.95. The Bertz CT molecular complexity index is 287. The van der Waals surface area contributed by atoms with Crippen molar-refractivity contribution in [3.63, 3.8) is 0 Å². The van der Waals surface area contributed by atoms with Crippen molar-refractivity contribution >= 4 is 33.2 Å². The van der Waals surface area contributed by atoms with E-state index in [0.717, 1.165) is 23.9 Å².